The molecule has 9 heteroatoms. The number of benzene rings is 2. The molecule has 2 aromatic rings. The van der Waals surface area contributed by atoms with Gasteiger partial charge in [0.1, 0.15) is 0 Å². The van der Waals surface area contributed by atoms with E-state index in [2.05, 4.69) is 0 Å². The van der Waals surface area contributed by atoms with Crippen LogP contribution in [0.4, 0.5) is 11.4 Å². The highest BCUT2D eigenvalue weighted by Crippen LogP contribution is 2.36. The Morgan fingerprint density at radius 2 is 1.18 bits per heavy atom. The zero-order valence-corrected chi connectivity index (χ0v) is 14.4. The molecule has 9 nitrogen and oxygen atoms in total. The van der Waals surface area contributed by atoms with Gasteiger partial charge < -0.3 is 10.2 Å². The summed E-state index contributed by atoms with van der Waals surface area (Å²) in [5.41, 5.74) is 0.0575. The third-order valence-electron chi connectivity index (χ3n) is 4.39. The molecule has 0 bridgehead atoms. The highest BCUT2D eigenvalue weighted by atomic mass is 16.6. The van der Waals surface area contributed by atoms with Gasteiger partial charge in [-0.15, -0.1) is 0 Å². The first-order valence-electron chi connectivity index (χ1n) is 8.18. The van der Waals surface area contributed by atoms with Crippen LogP contribution in [-0.2, 0) is 4.79 Å². The summed E-state index contributed by atoms with van der Waals surface area (Å²) in [4.78, 5) is 33.0. The number of nitro benzene ring substituents is 2. The monoisotopic (exact) mass is 382 g/mol. The minimum Gasteiger partial charge on any atom is -0.502 e. The van der Waals surface area contributed by atoms with Crippen LogP contribution in [0.25, 0.3) is 12.2 Å². The van der Waals surface area contributed by atoms with Crippen molar-refractivity contribution in [2.24, 2.45) is 0 Å². The van der Waals surface area contributed by atoms with Crippen molar-refractivity contribution in [2.75, 3.05) is 0 Å². The summed E-state index contributed by atoms with van der Waals surface area (Å²) >= 11 is 0. The molecule has 3 rings (SSSR count). The number of allylic oxidation sites excluding steroid dienone is 2. The molecule has 2 N–H and O–H groups in total. The van der Waals surface area contributed by atoms with Crippen LogP contribution in [0.2, 0.25) is 0 Å². The number of carbonyl (C=O) groups is 1. The Morgan fingerprint density at radius 3 is 1.54 bits per heavy atom. The van der Waals surface area contributed by atoms with Crippen molar-refractivity contribution in [1.82, 2.24) is 0 Å². The van der Waals surface area contributed by atoms with E-state index < -0.39 is 32.7 Å². The van der Waals surface area contributed by atoms with Gasteiger partial charge in [-0.1, -0.05) is 24.3 Å². The third kappa shape index (κ3) is 3.45. The van der Waals surface area contributed by atoms with Crippen LogP contribution >= 0.6 is 0 Å². The highest BCUT2D eigenvalue weighted by Gasteiger charge is 2.25. The molecule has 28 heavy (non-hydrogen) atoms. The average Bonchev–Trinajstić information content (AvgIpc) is 2.98. The fraction of sp³-hybridized carbons (Fsp3) is 0.105. The standard InChI is InChI=1S/C19H14N2O7/c22-17-13(9-11-3-1-5-15(18(11)23)20(25)26)7-8-14(17)10-12-4-2-6-16(19(12)24)21(27)28/h1-6,9-10,23-24H,7-8H2. The van der Waals surface area contributed by atoms with E-state index in [1.807, 2.05) is 0 Å². The first-order valence-corrected chi connectivity index (χ1v) is 8.18. The number of phenolic OH excluding ortho intramolecular Hbond substituents is 2. The topological polar surface area (TPSA) is 144 Å². The smallest absolute Gasteiger partial charge is 0.311 e. The van der Waals surface area contributed by atoms with Gasteiger partial charge in [-0.25, -0.2) is 0 Å². The number of phenols is 2. The number of nitro groups is 2. The summed E-state index contributed by atoms with van der Waals surface area (Å²) in [6, 6.07) is 8.03. The van der Waals surface area contributed by atoms with Crippen molar-refractivity contribution in [3.8, 4) is 11.5 Å². The zero-order chi connectivity index (χ0) is 20.4. The summed E-state index contributed by atoms with van der Waals surface area (Å²) < 4.78 is 0. The van der Waals surface area contributed by atoms with Gasteiger partial charge in [0, 0.05) is 34.4 Å². The molecule has 0 amide bonds. The van der Waals surface area contributed by atoms with Gasteiger partial charge in [-0.05, 0) is 25.0 Å². The number of ketones is 1. The molecule has 0 atom stereocenters. The lowest BCUT2D eigenvalue weighted by Gasteiger charge is -2.02. The van der Waals surface area contributed by atoms with Crippen LogP contribution < -0.4 is 0 Å². The van der Waals surface area contributed by atoms with Crippen molar-refractivity contribution in [3.63, 3.8) is 0 Å². The number of para-hydroxylation sites is 2. The van der Waals surface area contributed by atoms with E-state index in [0.29, 0.717) is 24.0 Å². The largest absolute Gasteiger partial charge is 0.502 e. The molecular formula is C19H14N2O7. The first kappa shape index (κ1) is 18.8. The lowest BCUT2D eigenvalue weighted by Crippen LogP contribution is -1.97. The number of hydrogen-bond donors (Lipinski definition) is 2. The van der Waals surface area contributed by atoms with Crippen molar-refractivity contribution < 1.29 is 24.9 Å². The Hall–Kier alpha value is -4.01. The van der Waals surface area contributed by atoms with E-state index in [0.717, 1.165) is 12.1 Å². The van der Waals surface area contributed by atoms with E-state index in [4.69, 9.17) is 0 Å². The summed E-state index contributed by atoms with van der Waals surface area (Å²) in [6.45, 7) is 0. The second-order valence-corrected chi connectivity index (χ2v) is 6.11. The molecule has 1 aliphatic carbocycles. The third-order valence-corrected chi connectivity index (χ3v) is 4.39. The van der Waals surface area contributed by atoms with Gasteiger partial charge in [0.05, 0.1) is 9.85 Å². The Kier molecular flexibility index (Phi) is 4.90. The number of Topliss-reactive ketones (excluding diaryl/α,β-unsaturated/α-hetero) is 1. The van der Waals surface area contributed by atoms with Gasteiger partial charge >= 0.3 is 11.4 Å². The number of aromatic hydroxyl groups is 2. The second kappa shape index (κ2) is 7.31. The summed E-state index contributed by atoms with van der Waals surface area (Å²) in [5, 5.41) is 41.9. The molecule has 1 aliphatic rings. The van der Waals surface area contributed by atoms with Crippen molar-refractivity contribution in [1.29, 1.82) is 0 Å². The van der Waals surface area contributed by atoms with Crippen LogP contribution in [0.15, 0.2) is 47.5 Å². The highest BCUT2D eigenvalue weighted by molar-refractivity contribution is 6.15. The second-order valence-electron chi connectivity index (χ2n) is 6.11. The molecule has 0 aromatic heterocycles. The van der Waals surface area contributed by atoms with Crippen molar-refractivity contribution >= 4 is 29.3 Å². The van der Waals surface area contributed by atoms with Gasteiger partial charge in [0.25, 0.3) is 0 Å². The van der Waals surface area contributed by atoms with Gasteiger partial charge in [0.15, 0.2) is 5.78 Å². The first-order chi connectivity index (χ1) is 13.3. The van der Waals surface area contributed by atoms with E-state index in [1.165, 1.54) is 36.4 Å². The molecule has 2 aromatic carbocycles. The predicted octanol–water partition coefficient (Wildman–Crippen LogP) is 3.74. The average molecular weight is 382 g/mol. The summed E-state index contributed by atoms with van der Waals surface area (Å²) in [5.74, 6) is -1.40. The molecule has 1 fully saturated rings. The van der Waals surface area contributed by atoms with Gasteiger partial charge in [-0.2, -0.15) is 0 Å². The molecular weight excluding hydrogens is 368 g/mol. The van der Waals surface area contributed by atoms with Crippen molar-refractivity contribution in [2.45, 2.75) is 12.8 Å². The van der Waals surface area contributed by atoms with Crippen LogP contribution in [0.3, 0.4) is 0 Å². The number of nitrogens with zero attached hydrogens (tertiary/aromatic N) is 2. The maximum absolute atomic E-state index is 12.6. The van der Waals surface area contributed by atoms with E-state index in [1.54, 1.807) is 0 Å². The fourth-order valence-corrected chi connectivity index (χ4v) is 2.98. The van der Waals surface area contributed by atoms with Gasteiger partial charge in [0.2, 0.25) is 11.5 Å². The lowest BCUT2D eigenvalue weighted by atomic mass is 10.0. The van der Waals surface area contributed by atoms with E-state index in [9.17, 15) is 35.2 Å². The number of carbonyl (C=O) groups excluding carboxylic acids is 1. The Labute approximate surface area is 158 Å². The minimum absolute atomic E-state index is 0.150. The molecule has 0 radical (unpaired) electrons. The zero-order valence-electron chi connectivity index (χ0n) is 14.4. The van der Waals surface area contributed by atoms with Crippen LogP contribution in [0, 0.1) is 20.2 Å². The van der Waals surface area contributed by atoms with Crippen LogP contribution in [0.5, 0.6) is 11.5 Å². The molecule has 0 saturated heterocycles. The predicted molar refractivity (Wildman–Crippen MR) is 99.7 cm³/mol. The Bertz CT molecular complexity index is 986. The lowest BCUT2D eigenvalue weighted by molar-refractivity contribution is -0.386. The Morgan fingerprint density at radius 1 is 0.786 bits per heavy atom. The van der Waals surface area contributed by atoms with E-state index >= 15 is 0 Å². The molecule has 0 aliphatic heterocycles. The normalized spacial score (nSPS) is 16.6. The molecule has 0 unspecified atom stereocenters. The molecule has 0 heterocycles. The fourth-order valence-electron chi connectivity index (χ4n) is 2.98. The van der Waals surface area contributed by atoms with Gasteiger partial charge in [-0.3, -0.25) is 25.0 Å². The van der Waals surface area contributed by atoms with Crippen LogP contribution in [0.1, 0.15) is 24.0 Å². The maximum Gasteiger partial charge on any atom is 0.311 e. The SMILES string of the molecule is O=C1C(=Cc2cccc([N+](=O)[O-])c2O)CCC1=Cc1cccc([N+](=O)[O-])c1O. The molecule has 142 valence electrons. The molecule has 0 spiro atoms. The number of rotatable bonds is 4. The summed E-state index contributed by atoms with van der Waals surface area (Å²) in [6.07, 6.45) is 3.45. The Balaban J connectivity index is 1.94. The quantitative estimate of drug-likeness (QED) is 0.465. The maximum atomic E-state index is 12.6. The van der Waals surface area contributed by atoms with E-state index in [-0.39, 0.29) is 16.9 Å². The summed E-state index contributed by atoms with van der Waals surface area (Å²) in [7, 11) is 0. The molecule has 1 saturated carbocycles. The van der Waals surface area contributed by atoms with Crippen molar-refractivity contribution in [3.05, 3.63) is 78.9 Å². The minimum atomic E-state index is -0.718. The number of hydrogen-bond acceptors (Lipinski definition) is 7. The van der Waals surface area contributed by atoms with Crippen LogP contribution in [-0.4, -0.2) is 25.8 Å².